The molecule has 0 aliphatic carbocycles. The fraction of sp³-hybridized carbons (Fsp3) is 0.250. The Morgan fingerprint density at radius 3 is 2.65 bits per heavy atom. The predicted molar refractivity (Wildman–Crippen MR) is 79.8 cm³/mol. The van der Waals surface area contributed by atoms with Gasteiger partial charge >= 0.3 is 0 Å². The molecule has 2 aromatic rings. The molecule has 20 heavy (non-hydrogen) atoms. The quantitative estimate of drug-likeness (QED) is 0.874. The van der Waals surface area contributed by atoms with Crippen molar-refractivity contribution in [1.29, 1.82) is 0 Å². The molecule has 0 spiro atoms. The monoisotopic (exact) mass is 293 g/mol. The zero-order chi connectivity index (χ0) is 14.4. The number of ether oxygens (including phenoxy) is 1. The lowest BCUT2D eigenvalue weighted by atomic mass is 9.96. The van der Waals surface area contributed by atoms with E-state index in [0.717, 1.165) is 17.7 Å². The molecule has 0 amide bonds. The summed E-state index contributed by atoms with van der Waals surface area (Å²) in [4.78, 5) is 0. The fourth-order valence-electron chi connectivity index (χ4n) is 2.06. The topological polar surface area (TPSA) is 35.2 Å². The second-order valence-electron chi connectivity index (χ2n) is 4.58. The summed E-state index contributed by atoms with van der Waals surface area (Å²) in [5, 5.41) is 0.642. The van der Waals surface area contributed by atoms with E-state index in [2.05, 4.69) is 0 Å². The van der Waals surface area contributed by atoms with Gasteiger partial charge in [0.25, 0.3) is 0 Å². The number of rotatable bonds is 6. The van der Waals surface area contributed by atoms with Gasteiger partial charge in [0, 0.05) is 5.02 Å². The third-order valence-corrected chi connectivity index (χ3v) is 3.37. The number of benzene rings is 2. The van der Waals surface area contributed by atoms with Crippen LogP contribution in [0.5, 0.6) is 5.75 Å². The van der Waals surface area contributed by atoms with Crippen LogP contribution in [-0.2, 0) is 0 Å². The first-order chi connectivity index (χ1) is 9.69. The van der Waals surface area contributed by atoms with Crippen molar-refractivity contribution in [2.75, 3.05) is 13.2 Å². The largest absolute Gasteiger partial charge is 0.494 e. The van der Waals surface area contributed by atoms with Crippen molar-refractivity contribution < 1.29 is 9.13 Å². The molecular weight excluding hydrogens is 277 g/mol. The number of hydrogen-bond donors (Lipinski definition) is 1. The highest BCUT2D eigenvalue weighted by Crippen LogP contribution is 2.21. The molecule has 0 radical (unpaired) electrons. The summed E-state index contributed by atoms with van der Waals surface area (Å²) in [6, 6.07) is 13.8. The van der Waals surface area contributed by atoms with Crippen LogP contribution in [-0.4, -0.2) is 13.2 Å². The molecule has 0 fully saturated rings. The summed E-state index contributed by atoms with van der Waals surface area (Å²) in [5.41, 5.74) is 6.66. The van der Waals surface area contributed by atoms with Crippen LogP contribution in [0.2, 0.25) is 5.02 Å². The molecule has 0 saturated heterocycles. The Morgan fingerprint density at radius 1 is 1.15 bits per heavy atom. The van der Waals surface area contributed by atoms with Crippen LogP contribution in [0.15, 0.2) is 48.5 Å². The maximum Gasteiger partial charge on any atom is 0.123 e. The SMILES string of the molecule is NCC(CCOc1cccc(Cl)c1)c1cccc(F)c1. The number of halogens is 2. The zero-order valence-electron chi connectivity index (χ0n) is 11.1. The summed E-state index contributed by atoms with van der Waals surface area (Å²) >= 11 is 5.89. The highest BCUT2D eigenvalue weighted by Gasteiger charge is 2.10. The molecule has 0 saturated carbocycles. The van der Waals surface area contributed by atoms with E-state index in [1.165, 1.54) is 12.1 Å². The van der Waals surface area contributed by atoms with Crippen molar-refractivity contribution in [3.8, 4) is 5.75 Å². The second-order valence-corrected chi connectivity index (χ2v) is 5.02. The van der Waals surface area contributed by atoms with Crippen LogP contribution in [0, 0.1) is 5.82 Å². The molecule has 0 bridgehead atoms. The minimum Gasteiger partial charge on any atom is -0.494 e. The van der Waals surface area contributed by atoms with Gasteiger partial charge in [0.15, 0.2) is 0 Å². The third-order valence-electron chi connectivity index (χ3n) is 3.14. The van der Waals surface area contributed by atoms with E-state index in [1.807, 2.05) is 18.2 Å². The first-order valence-corrected chi connectivity index (χ1v) is 6.90. The number of hydrogen-bond acceptors (Lipinski definition) is 2. The Labute approximate surface area is 123 Å². The Hall–Kier alpha value is -1.58. The first kappa shape index (κ1) is 14.8. The molecule has 2 rings (SSSR count). The van der Waals surface area contributed by atoms with Crippen LogP contribution in [0.3, 0.4) is 0 Å². The van der Waals surface area contributed by atoms with Crippen LogP contribution < -0.4 is 10.5 Å². The van der Waals surface area contributed by atoms with Crippen LogP contribution in [0.4, 0.5) is 4.39 Å². The lowest BCUT2D eigenvalue weighted by molar-refractivity contribution is 0.298. The summed E-state index contributed by atoms with van der Waals surface area (Å²) in [7, 11) is 0. The van der Waals surface area contributed by atoms with Gasteiger partial charge in [-0.25, -0.2) is 4.39 Å². The molecular formula is C16H17ClFNO. The summed E-state index contributed by atoms with van der Waals surface area (Å²) in [5.74, 6) is 0.578. The summed E-state index contributed by atoms with van der Waals surface area (Å²) in [6.45, 7) is 0.973. The molecule has 1 unspecified atom stereocenters. The third kappa shape index (κ3) is 4.22. The van der Waals surface area contributed by atoms with Gasteiger partial charge < -0.3 is 10.5 Å². The van der Waals surface area contributed by atoms with E-state index in [1.54, 1.807) is 18.2 Å². The maximum absolute atomic E-state index is 13.2. The van der Waals surface area contributed by atoms with E-state index in [4.69, 9.17) is 22.1 Å². The maximum atomic E-state index is 13.2. The predicted octanol–water partition coefficient (Wildman–Crippen LogP) is 3.99. The molecule has 2 aromatic carbocycles. The second kappa shape index (κ2) is 7.27. The minimum atomic E-state index is -0.239. The Balaban J connectivity index is 1.91. The van der Waals surface area contributed by atoms with Crippen molar-refractivity contribution in [3.05, 3.63) is 64.9 Å². The summed E-state index contributed by atoms with van der Waals surface area (Å²) < 4.78 is 18.8. The molecule has 0 aliphatic heterocycles. The van der Waals surface area contributed by atoms with Gasteiger partial charge in [0.1, 0.15) is 11.6 Å². The van der Waals surface area contributed by atoms with Gasteiger partial charge in [0.05, 0.1) is 6.61 Å². The van der Waals surface area contributed by atoms with E-state index in [9.17, 15) is 4.39 Å². The van der Waals surface area contributed by atoms with Crippen LogP contribution >= 0.6 is 11.6 Å². The van der Waals surface area contributed by atoms with E-state index >= 15 is 0 Å². The van der Waals surface area contributed by atoms with Gasteiger partial charge in [-0.3, -0.25) is 0 Å². The number of nitrogens with two attached hydrogens (primary N) is 1. The average molecular weight is 294 g/mol. The van der Waals surface area contributed by atoms with Gasteiger partial charge in [-0.15, -0.1) is 0 Å². The molecule has 2 nitrogen and oxygen atoms in total. The molecule has 1 atom stereocenters. The van der Waals surface area contributed by atoms with Gasteiger partial charge in [-0.05, 0) is 54.8 Å². The normalized spacial score (nSPS) is 12.2. The standard InChI is InChI=1S/C16H17ClFNO/c17-14-4-2-6-16(10-14)20-8-7-13(11-19)12-3-1-5-15(18)9-12/h1-6,9-10,13H,7-8,11,19H2. The first-order valence-electron chi connectivity index (χ1n) is 6.53. The van der Waals surface area contributed by atoms with Crippen LogP contribution in [0.25, 0.3) is 0 Å². The van der Waals surface area contributed by atoms with Crippen molar-refractivity contribution in [2.45, 2.75) is 12.3 Å². The van der Waals surface area contributed by atoms with Gasteiger partial charge in [0.2, 0.25) is 0 Å². The smallest absolute Gasteiger partial charge is 0.123 e. The lowest BCUT2D eigenvalue weighted by Crippen LogP contribution is -2.15. The zero-order valence-corrected chi connectivity index (χ0v) is 11.8. The van der Waals surface area contributed by atoms with Crippen molar-refractivity contribution in [3.63, 3.8) is 0 Å². The minimum absolute atomic E-state index is 0.0879. The molecule has 106 valence electrons. The van der Waals surface area contributed by atoms with E-state index < -0.39 is 0 Å². The van der Waals surface area contributed by atoms with Crippen LogP contribution in [0.1, 0.15) is 17.9 Å². The van der Waals surface area contributed by atoms with Crippen molar-refractivity contribution >= 4 is 11.6 Å². The Kier molecular flexibility index (Phi) is 5.39. The van der Waals surface area contributed by atoms with E-state index in [-0.39, 0.29) is 11.7 Å². The highest BCUT2D eigenvalue weighted by molar-refractivity contribution is 6.30. The molecule has 4 heteroatoms. The summed E-state index contributed by atoms with van der Waals surface area (Å²) in [6.07, 6.45) is 0.729. The molecule has 0 heterocycles. The van der Waals surface area contributed by atoms with Crippen molar-refractivity contribution in [1.82, 2.24) is 0 Å². The molecule has 0 aromatic heterocycles. The van der Waals surface area contributed by atoms with Gasteiger partial charge in [-0.2, -0.15) is 0 Å². The highest BCUT2D eigenvalue weighted by atomic mass is 35.5. The molecule has 0 aliphatic rings. The van der Waals surface area contributed by atoms with Gasteiger partial charge in [-0.1, -0.05) is 29.8 Å². The Bertz CT molecular complexity index is 562. The average Bonchev–Trinajstić information content (AvgIpc) is 2.44. The molecule has 2 N–H and O–H groups in total. The van der Waals surface area contributed by atoms with Crippen molar-refractivity contribution in [2.24, 2.45) is 5.73 Å². The Morgan fingerprint density at radius 2 is 1.95 bits per heavy atom. The fourth-order valence-corrected chi connectivity index (χ4v) is 2.24. The lowest BCUT2D eigenvalue weighted by Gasteiger charge is -2.16. The van der Waals surface area contributed by atoms with E-state index in [0.29, 0.717) is 18.2 Å².